The minimum atomic E-state index is -0.481. The van der Waals surface area contributed by atoms with Crippen LogP contribution in [0.4, 0.5) is 4.79 Å². The highest BCUT2D eigenvalue weighted by atomic mass is 16.6. The van der Waals surface area contributed by atoms with Crippen molar-refractivity contribution in [2.24, 2.45) is 0 Å². The van der Waals surface area contributed by atoms with Gasteiger partial charge in [-0.25, -0.2) is 4.79 Å². The Morgan fingerprint density at radius 2 is 2.26 bits per heavy atom. The fourth-order valence-electron chi connectivity index (χ4n) is 2.06. The monoisotopic (exact) mass is 265 g/mol. The van der Waals surface area contributed by atoms with Gasteiger partial charge in [-0.3, -0.25) is 9.48 Å². The number of aldehydes is 1. The highest BCUT2D eigenvalue weighted by Gasteiger charge is 2.30. The van der Waals surface area contributed by atoms with E-state index >= 15 is 0 Å². The van der Waals surface area contributed by atoms with Crippen LogP contribution in [0.25, 0.3) is 0 Å². The van der Waals surface area contributed by atoms with Gasteiger partial charge in [-0.05, 0) is 27.2 Å². The van der Waals surface area contributed by atoms with Crippen LogP contribution in [0.1, 0.15) is 43.6 Å². The molecule has 1 aromatic rings. The number of hydrogen-bond acceptors (Lipinski definition) is 4. The van der Waals surface area contributed by atoms with Gasteiger partial charge >= 0.3 is 6.09 Å². The quantitative estimate of drug-likeness (QED) is 0.766. The summed E-state index contributed by atoms with van der Waals surface area (Å²) in [6, 6.07) is 0.112. The summed E-state index contributed by atoms with van der Waals surface area (Å²) in [4.78, 5) is 24.2. The molecule has 1 aliphatic heterocycles. The lowest BCUT2D eigenvalue weighted by atomic mass is 10.2. The van der Waals surface area contributed by atoms with Gasteiger partial charge in [-0.1, -0.05) is 0 Å². The lowest BCUT2D eigenvalue weighted by Gasteiger charge is -2.24. The SMILES string of the molecule is CC(C)(C)OC(=O)N1CCC(n2cc(C=O)cn2)C1. The van der Waals surface area contributed by atoms with Gasteiger partial charge in [0.25, 0.3) is 0 Å². The number of amides is 1. The van der Waals surface area contributed by atoms with Crippen molar-refractivity contribution in [3.8, 4) is 0 Å². The zero-order valence-corrected chi connectivity index (χ0v) is 11.5. The van der Waals surface area contributed by atoms with Gasteiger partial charge in [0.15, 0.2) is 6.29 Å². The minimum Gasteiger partial charge on any atom is -0.444 e. The number of hydrogen-bond donors (Lipinski definition) is 0. The Bertz CT molecular complexity index is 476. The maximum absolute atomic E-state index is 11.9. The largest absolute Gasteiger partial charge is 0.444 e. The molecule has 1 fully saturated rings. The number of carbonyl (C=O) groups is 2. The van der Waals surface area contributed by atoms with Crippen LogP contribution in [-0.2, 0) is 4.74 Å². The second-order valence-electron chi connectivity index (χ2n) is 5.74. The maximum Gasteiger partial charge on any atom is 0.410 e. The molecule has 0 aromatic carbocycles. The van der Waals surface area contributed by atoms with Crippen LogP contribution in [0, 0.1) is 0 Å². The normalized spacial score (nSPS) is 19.5. The van der Waals surface area contributed by atoms with E-state index in [4.69, 9.17) is 4.74 Å². The van der Waals surface area contributed by atoms with Crippen LogP contribution >= 0.6 is 0 Å². The van der Waals surface area contributed by atoms with Gasteiger partial charge in [0, 0.05) is 19.3 Å². The fraction of sp³-hybridized carbons (Fsp3) is 0.615. The van der Waals surface area contributed by atoms with Gasteiger partial charge in [-0.2, -0.15) is 5.10 Å². The Kier molecular flexibility index (Phi) is 3.59. The first-order chi connectivity index (χ1) is 8.89. The molecule has 0 radical (unpaired) electrons. The van der Waals surface area contributed by atoms with Gasteiger partial charge in [0.1, 0.15) is 5.60 Å². The Balaban J connectivity index is 1.96. The number of aromatic nitrogens is 2. The van der Waals surface area contributed by atoms with Crippen molar-refractivity contribution in [1.82, 2.24) is 14.7 Å². The first-order valence-electron chi connectivity index (χ1n) is 6.36. The predicted octanol–water partition coefficient (Wildman–Crippen LogP) is 1.88. The molecule has 0 bridgehead atoms. The van der Waals surface area contributed by atoms with E-state index in [1.807, 2.05) is 20.8 Å². The molecule has 0 N–H and O–H groups in total. The number of rotatable bonds is 2. The van der Waals surface area contributed by atoms with Crippen molar-refractivity contribution in [2.75, 3.05) is 13.1 Å². The molecule has 2 heterocycles. The maximum atomic E-state index is 11.9. The van der Waals surface area contributed by atoms with E-state index < -0.39 is 5.60 Å². The number of nitrogens with zero attached hydrogens (tertiary/aromatic N) is 3. The molecule has 0 saturated carbocycles. The van der Waals surface area contributed by atoms with Gasteiger partial charge in [-0.15, -0.1) is 0 Å². The average Bonchev–Trinajstić information content (AvgIpc) is 2.95. The van der Waals surface area contributed by atoms with Crippen molar-refractivity contribution in [1.29, 1.82) is 0 Å². The van der Waals surface area contributed by atoms with E-state index in [0.717, 1.165) is 12.7 Å². The average molecular weight is 265 g/mol. The summed E-state index contributed by atoms with van der Waals surface area (Å²) in [6.45, 7) is 6.76. The molecule has 2 rings (SSSR count). The van der Waals surface area contributed by atoms with Crippen LogP contribution in [0.15, 0.2) is 12.4 Å². The fourth-order valence-corrected chi connectivity index (χ4v) is 2.06. The molecule has 1 amide bonds. The topological polar surface area (TPSA) is 64.4 Å². The number of ether oxygens (including phenoxy) is 1. The molecule has 1 unspecified atom stereocenters. The second-order valence-corrected chi connectivity index (χ2v) is 5.74. The summed E-state index contributed by atoms with van der Waals surface area (Å²) in [5.74, 6) is 0. The Morgan fingerprint density at radius 3 is 2.84 bits per heavy atom. The third kappa shape index (κ3) is 3.33. The Labute approximate surface area is 112 Å². The van der Waals surface area contributed by atoms with Gasteiger partial charge in [0.2, 0.25) is 0 Å². The molecule has 104 valence electrons. The standard InChI is InChI=1S/C13H19N3O3/c1-13(2,3)19-12(18)15-5-4-11(8-15)16-7-10(9-17)6-14-16/h6-7,9,11H,4-5,8H2,1-3H3. The Hall–Kier alpha value is -1.85. The highest BCUT2D eigenvalue weighted by molar-refractivity contribution is 5.73. The van der Waals surface area contributed by atoms with E-state index in [-0.39, 0.29) is 12.1 Å². The van der Waals surface area contributed by atoms with Crippen LogP contribution < -0.4 is 0 Å². The van der Waals surface area contributed by atoms with Crippen molar-refractivity contribution >= 4 is 12.4 Å². The molecule has 1 aromatic heterocycles. The van der Waals surface area contributed by atoms with E-state index in [0.29, 0.717) is 18.7 Å². The third-order valence-electron chi connectivity index (χ3n) is 2.95. The number of carbonyl (C=O) groups excluding carboxylic acids is 2. The highest BCUT2D eigenvalue weighted by Crippen LogP contribution is 2.23. The van der Waals surface area contributed by atoms with E-state index in [2.05, 4.69) is 5.10 Å². The lowest BCUT2D eigenvalue weighted by molar-refractivity contribution is 0.0288. The Morgan fingerprint density at radius 1 is 1.53 bits per heavy atom. The van der Waals surface area contributed by atoms with E-state index in [9.17, 15) is 9.59 Å². The summed E-state index contributed by atoms with van der Waals surface area (Å²) < 4.78 is 7.08. The van der Waals surface area contributed by atoms with Crippen molar-refractivity contribution in [3.63, 3.8) is 0 Å². The smallest absolute Gasteiger partial charge is 0.410 e. The molecule has 0 aliphatic carbocycles. The zero-order chi connectivity index (χ0) is 14.0. The van der Waals surface area contributed by atoms with E-state index in [1.165, 1.54) is 6.20 Å². The minimum absolute atomic E-state index is 0.112. The van der Waals surface area contributed by atoms with Crippen molar-refractivity contribution in [2.45, 2.75) is 38.8 Å². The van der Waals surface area contributed by atoms with Gasteiger partial charge in [0.05, 0.1) is 17.8 Å². The van der Waals surface area contributed by atoms with Crippen LogP contribution in [0.3, 0.4) is 0 Å². The van der Waals surface area contributed by atoms with Crippen molar-refractivity contribution in [3.05, 3.63) is 18.0 Å². The first-order valence-corrected chi connectivity index (χ1v) is 6.36. The summed E-state index contributed by atoms with van der Waals surface area (Å²) >= 11 is 0. The molecule has 6 heteroatoms. The summed E-state index contributed by atoms with van der Waals surface area (Å²) in [6.07, 6.45) is 4.53. The van der Waals surface area contributed by atoms with Crippen LogP contribution in [0.2, 0.25) is 0 Å². The predicted molar refractivity (Wildman–Crippen MR) is 69.1 cm³/mol. The summed E-state index contributed by atoms with van der Waals surface area (Å²) in [5.41, 5.74) is 0.0710. The third-order valence-corrected chi connectivity index (χ3v) is 2.95. The van der Waals surface area contributed by atoms with Crippen molar-refractivity contribution < 1.29 is 14.3 Å². The molecule has 1 atom stereocenters. The molecule has 1 aliphatic rings. The zero-order valence-electron chi connectivity index (χ0n) is 11.5. The molecule has 6 nitrogen and oxygen atoms in total. The van der Waals surface area contributed by atoms with Crippen LogP contribution in [-0.4, -0.2) is 45.8 Å². The lowest BCUT2D eigenvalue weighted by Crippen LogP contribution is -2.35. The first kappa shape index (κ1) is 13.6. The molecule has 19 heavy (non-hydrogen) atoms. The van der Waals surface area contributed by atoms with E-state index in [1.54, 1.807) is 15.8 Å². The molecular formula is C13H19N3O3. The molecule has 0 spiro atoms. The van der Waals surface area contributed by atoms with Crippen LogP contribution in [0.5, 0.6) is 0 Å². The summed E-state index contributed by atoms with van der Waals surface area (Å²) in [7, 11) is 0. The molecular weight excluding hydrogens is 246 g/mol. The molecule has 1 saturated heterocycles. The second kappa shape index (κ2) is 5.03. The van der Waals surface area contributed by atoms with Gasteiger partial charge < -0.3 is 9.64 Å². The number of likely N-dealkylation sites (tertiary alicyclic amines) is 1. The summed E-state index contributed by atoms with van der Waals surface area (Å²) in [5, 5.41) is 4.14.